The van der Waals surface area contributed by atoms with Gasteiger partial charge in [-0.1, -0.05) is 44.2 Å². The standard InChI is InChI=1S/C17H14F3N/c1-11(2)12-4-3-5-13(8-12)16-7-6-15(17(18,19)20)9-14(16)10-21/h3-9,11H,1-2H3. The summed E-state index contributed by atoms with van der Waals surface area (Å²) in [5, 5.41) is 9.13. The molecule has 0 fully saturated rings. The van der Waals surface area contributed by atoms with Crippen LogP contribution >= 0.6 is 0 Å². The van der Waals surface area contributed by atoms with E-state index in [9.17, 15) is 13.2 Å². The molecule has 4 heteroatoms. The van der Waals surface area contributed by atoms with Crippen LogP contribution in [0, 0.1) is 11.3 Å². The van der Waals surface area contributed by atoms with E-state index in [2.05, 4.69) is 0 Å². The van der Waals surface area contributed by atoms with Gasteiger partial charge < -0.3 is 0 Å². The van der Waals surface area contributed by atoms with Gasteiger partial charge in [0.2, 0.25) is 0 Å². The molecule has 2 aromatic rings. The van der Waals surface area contributed by atoms with Gasteiger partial charge in [-0.2, -0.15) is 18.4 Å². The van der Waals surface area contributed by atoms with Gasteiger partial charge in [0.15, 0.2) is 0 Å². The number of hydrogen-bond acceptors (Lipinski definition) is 1. The lowest BCUT2D eigenvalue weighted by Gasteiger charge is -2.12. The lowest BCUT2D eigenvalue weighted by molar-refractivity contribution is -0.137. The Morgan fingerprint density at radius 3 is 2.33 bits per heavy atom. The highest BCUT2D eigenvalue weighted by atomic mass is 19.4. The highest BCUT2D eigenvalue weighted by Gasteiger charge is 2.31. The van der Waals surface area contributed by atoms with E-state index in [4.69, 9.17) is 5.26 Å². The van der Waals surface area contributed by atoms with Crippen molar-refractivity contribution >= 4 is 0 Å². The maximum atomic E-state index is 12.7. The van der Waals surface area contributed by atoms with Crippen LogP contribution in [0.15, 0.2) is 42.5 Å². The van der Waals surface area contributed by atoms with Crippen molar-refractivity contribution < 1.29 is 13.2 Å². The molecule has 0 aromatic heterocycles. The monoisotopic (exact) mass is 289 g/mol. The van der Waals surface area contributed by atoms with E-state index in [1.807, 2.05) is 38.1 Å². The highest BCUT2D eigenvalue weighted by Crippen LogP contribution is 2.33. The predicted molar refractivity (Wildman–Crippen MR) is 75.7 cm³/mol. The zero-order chi connectivity index (χ0) is 15.6. The molecule has 0 N–H and O–H groups in total. The van der Waals surface area contributed by atoms with E-state index in [-0.39, 0.29) is 5.56 Å². The minimum Gasteiger partial charge on any atom is -0.192 e. The largest absolute Gasteiger partial charge is 0.416 e. The topological polar surface area (TPSA) is 23.8 Å². The molecule has 0 saturated heterocycles. The summed E-state index contributed by atoms with van der Waals surface area (Å²) < 4.78 is 38.1. The van der Waals surface area contributed by atoms with Gasteiger partial charge in [-0.15, -0.1) is 0 Å². The SMILES string of the molecule is CC(C)c1cccc(-c2ccc(C(F)(F)F)cc2C#N)c1. The summed E-state index contributed by atoms with van der Waals surface area (Å²) >= 11 is 0. The zero-order valence-electron chi connectivity index (χ0n) is 11.7. The second-order valence-electron chi connectivity index (χ2n) is 5.15. The Morgan fingerprint density at radius 2 is 1.76 bits per heavy atom. The Balaban J connectivity index is 2.55. The molecular formula is C17H14F3N. The number of benzene rings is 2. The molecule has 0 bridgehead atoms. The van der Waals surface area contributed by atoms with Gasteiger partial charge in [-0.3, -0.25) is 0 Å². The Bertz CT molecular complexity index is 694. The average Bonchev–Trinajstić information content (AvgIpc) is 2.45. The van der Waals surface area contributed by atoms with Crippen molar-refractivity contribution in [3.05, 3.63) is 59.2 Å². The second-order valence-corrected chi connectivity index (χ2v) is 5.15. The number of rotatable bonds is 2. The minimum atomic E-state index is -4.44. The Labute approximate surface area is 121 Å². The van der Waals surface area contributed by atoms with E-state index < -0.39 is 11.7 Å². The molecule has 0 aliphatic rings. The van der Waals surface area contributed by atoms with E-state index in [1.165, 1.54) is 6.07 Å². The lowest BCUT2D eigenvalue weighted by atomic mass is 9.94. The van der Waals surface area contributed by atoms with Crippen LogP contribution in [0.4, 0.5) is 13.2 Å². The number of nitrogens with zero attached hydrogens (tertiary/aromatic N) is 1. The molecule has 2 aromatic carbocycles. The fourth-order valence-electron chi connectivity index (χ4n) is 2.13. The predicted octanol–water partition coefficient (Wildman–Crippen LogP) is 5.37. The quantitative estimate of drug-likeness (QED) is 0.729. The van der Waals surface area contributed by atoms with Crippen LogP contribution in [0.3, 0.4) is 0 Å². The van der Waals surface area contributed by atoms with Gasteiger partial charge >= 0.3 is 6.18 Å². The lowest BCUT2D eigenvalue weighted by Crippen LogP contribution is -2.05. The number of hydrogen-bond donors (Lipinski definition) is 0. The summed E-state index contributed by atoms with van der Waals surface area (Å²) in [4.78, 5) is 0. The Kier molecular flexibility index (Phi) is 4.04. The molecule has 0 heterocycles. The maximum absolute atomic E-state index is 12.7. The fourth-order valence-corrected chi connectivity index (χ4v) is 2.13. The second kappa shape index (κ2) is 5.61. The molecular weight excluding hydrogens is 275 g/mol. The van der Waals surface area contributed by atoms with E-state index in [0.29, 0.717) is 11.5 Å². The van der Waals surface area contributed by atoms with Gasteiger partial charge in [0.05, 0.1) is 17.2 Å². The van der Waals surface area contributed by atoms with Crippen molar-refractivity contribution in [2.24, 2.45) is 0 Å². The number of halogens is 3. The van der Waals surface area contributed by atoms with Crippen LogP contribution < -0.4 is 0 Å². The van der Waals surface area contributed by atoms with Crippen molar-refractivity contribution in [2.75, 3.05) is 0 Å². The van der Waals surface area contributed by atoms with Gasteiger partial charge in [-0.05, 0) is 34.7 Å². The molecule has 0 unspecified atom stereocenters. The number of alkyl halides is 3. The molecule has 21 heavy (non-hydrogen) atoms. The molecule has 1 nitrogen and oxygen atoms in total. The van der Waals surface area contributed by atoms with Crippen molar-refractivity contribution in [2.45, 2.75) is 25.9 Å². The van der Waals surface area contributed by atoms with E-state index in [1.54, 1.807) is 6.07 Å². The van der Waals surface area contributed by atoms with Crippen molar-refractivity contribution in [3.63, 3.8) is 0 Å². The van der Waals surface area contributed by atoms with Crippen LogP contribution in [0.25, 0.3) is 11.1 Å². The molecule has 0 radical (unpaired) electrons. The van der Waals surface area contributed by atoms with Crippen LogP contribution in [-0.2, 0) is 6.18 Å². The van der Waals surface area contributed by atoms with Crippen molar-refractivity contribution in [1.29, 1.82) is 5.26 Å². The van der Waals surface area contributed by atoms with Crippen molar-refractivity contribution in [1.82, 2.24) is 0 Å². The fraction of sp³-hybridized carbons (Fsp3) is 0.235. The summed E-state index contributed by atoms with van der Waals surface area (Å²) in [6, 6.07) is 12.7. The van der Waals surface area contributed by atoms with Gasteiger partial charge in [0.25, 0.3) is 0 Å². The molecule has 2 rings (SSSR count). The third-order valence-corrected chi connectivity index (χ3v) is 3.33. The molecule has 0 aliphatic carbocycles. The third-order valence-electron chi connectivity index (χ3n) is 3.33. The summed E-state index contributed by atoms with van der Waals surface area (Å²) in [7, 11) is 0. The normalized spacial score (nSPS) is 11.5. The number of nitriles is 1. The van der Waals surface area contributed by atoms with Crippen molar-refractivity contribution in [3.8, 4) is 17.2 Å². The minimum absolute atomic E-state index is 0.0331. The van der Waals surface area contributed by atoms with Crippen LogP contribution in [0.1, 0.15) is 36.5 Å². The van der Waals surface area contributed by atoms with E-state index in [0.717, 1.165) is 23.3 Å². The van der Waals surface area contributed by atoms with Gasteiger partial charge in [-0.25, -0.2) is 0 Å². The highest BCUT2D eigenvalue weighted by molar-refractivity contribution is 5.71. The molecule has 108 valence electrons. The Hall–Kier alpha value is -2.28. The summed E-state index contributed by atoms with van der Waals surface area (Å²) in [5.74, 6) is 0.310. The first-order valence-electron chi connectivity index (χ1n) is 6.54. The zero-order valence-corrected chi connectivity index (χ0v) is 11.7. The smallest absolute Gasteiger partial charge is 0.192 e. The van der Waals surface area contributed by atoms with Crippen LogP contribution in [0.2, 0.25) is 0 Å². The molecule has 0 atom stereocenters. The van der Waals surface area contributed by atoms with E-state index >= 15 is 0 Å². The molecule has 0 saturated carbocycles. The molecule has 0 amide bonds. The third kappa shape index (κ3) is 3.25. The summed E-state index contributed by atoms with van der Waals surface area (Å²) in [6.45, 7) is 4.08. The summed E-state index contributed by atoms with van der Waals surface area (Å²) in [6.07, 6.45) is -4.44. The van der Waals surface area contributed by atoms with Crippen LogP contribution in [0.5, 0.6) is 0 Å². The first-order valence-corrected chi connectivity index (χ1v) is 6.54. The summed E-state index contributed by atoms with van der Waals surface area (Å²) in [5.41, 5.74) is 1.59. The first-order chi connectivity index (χ1) is 9.82. The maximum Gasteiger partial charge on any atom is 0.416 e. The van der Waals surface area contributed by atoms with Crippen LogP contribution in [-0.4, -0.2) is 0 Å². The first kappa shape index (κ1) is 15.1. The average molecular weight is 289 g/mol. The molecule has 0 spiro atoms. The Morgan fingerprint density at radius 1 is 1.05 bits per heavy atom. The van der Waals surface area contributed by atoms with Gasteiger partial charge in [0, 0.05) is 0 Å². The molecule has 0 aliphatic heterocycles. The van der Waals surface area contributed by atoms with Gasteiger partial charge in [0.1, 0.15) is 0 Å².